The van der Waals surface area contributed by atoms with Crippen molar-refractivity contribution in [3.63, 3.8) is 0 Å². The van der Waals surface area contributed by atoms with Crippen molar-refractivity contribution in [3.8, 4) is 11.3 Å². The zero-order valence-electron chi connectivity index (χ0n) is 8.71. The topological polar surface area (TPSA) is 69.9 Å². The van der Waals surface area contributed by atoms with E-state index in [2.05, 4.69) is 10.3 Å². The zero-order valence-corrected chi connectivity index (χ0v) is 8.71. The summed E-state index contributed by atoms with van der Waals surface area (Å²) >= 11 is 0. The Balaban J connectivity index is 2.34. The van der Waals surface area contributed by atoms with Crippen LogP contribution in [0.1, 0.15) is 0 Å². The predicted molar refractivity (Wildman–Crippen MR) is 60.6 cm³/mol. The Morgan fingerprint density at radius 2 is 2.25 bits per heavy atom. The first kappa shape index (κ1) is 8.96. The fourth-order valence-electron chi connectivity index (χ4n) is 1.85. The molecule has 5 heteroatoms. The van der Waals surface area contributed by atoms with Gasteiger partial charge < -0.3 is 10.3 Å². The molecule has 80 valence electrons. The van der Waals surface area contributed by atoms with E-state index in [1.54, 1.807) is 6.07 Å². The molecule has 0 unspecified atom stereocenters. The van der Waals surface area contributed by atoms with Crippen LogP contribution in [0.3, 0.4) is 0 Å². The number of hydrogen-bond donors (Lipinski definition) is 1. The highest BCUT2D eigenvalue weighted by Crippen LogP contribution is 2.28. The number of nitrogens with zero attached hydrogens (tertiary/aromatic N) is 3. The van der Waals surface area contributed by atoms with Gasteiger partial charge in [0.2, 0.25) is 0 Å². The molecule has 1 aromatic carbocycles. The van der Waals surface area contributed by atoms with Gasteiger partial charge in [-0.2, -0.15) is 5.10 Å². The highest BCUT2D eigenvalue weighted by molar-refractivity contribution is 5.92. The maximum Gasteiger partial charge on any atom is 0.171 e. The molecule has 2 N–H and O–H groups in total. The first-order valence-corrected chi connectivity index (χ1v) is 4.89. The average Bonchev–Trinajstić information content (AvgIpc) is 2.86. The minimum Gasteiger partial charge on any atom is -0.381 e. The van der Waals surface area contributed by atoms with Gasteiger partial charge in [-0.15, -0.1) is 0 Å². The van der Waals surface area contributed by atoms with Gasteiger partial charge >= 0.3 is 0 Å². The highest BCUT2D eigenvalue weighted by Gasteiger charge is 2.11. The van der Waals surface area contributed by atoms with E-state index < -0.39 is 0 Å². The molecule has 3 rings (SSSR count). The molecule has 0 saturated carbocycles. The first-order valence-electron chi connectivity index (χ1n) is 4.89. The van der Waals surface area contributed by atoms with Crippen LogP contribution in [0, 0.1) is 0 Å². The molecule has 5 nitrogen and oxygen atoms in total. The summed E-state index contributed by atoms with van der Waals surface area (Å²) < 4.78 is 6.98. The monoisotopic (exact) mass is 214 g/mol. The Kier molecular flexibility index (Phi) is 1.73. The maximum absolute atomic E-state index is 5.55. The second-order valence-electron chi connectivity index (χ2n) is 3.63. The van der Waals surface area contributed by atoms with Crippen molar-refractivity contribution in [2.45, 2.75) is 0 Å². The number of para-hydroxylation sites is 1. The molecule has 0 amide bonds. The number of benzene rings is 1. The predicted octanol–water partition coefficient (Wildman–Crippen LogP) is 1.81. The molecule has 0 aliphatic carbocycles. The lowest BCUT2D eigenvalue weighted by atomic mass is 10.1. The Labute approximate surface area is 91.4 Å². The Morgan fingerprint density at radius 1 is 1.38 bits per heavy atom. The smallest absolute Gasteiger partial charge is 0.171 e. The van der Waals surface area contributed by atoms with Crippen molar-refractivity contribution in [1.82, 2.24) is 14.9 Å². The van der Waals surface area contributed by atoms with E-state index >= 15 is 0 Å². The van der Waals surface area contributed by atoms with Gasteiger partial charge in [-0.25, -0.2) is 0 Å². The number of hydrogen-bond acceptors (Lipinski definition) is 4. The van der Waals surface area contributed by atoms with Crippen molar-refractivity contribution in [2.75, 3.05) is 5.73 Å². The maximum atomic E-state index is 5.55. The second-order valence-corrected chi connectivity index (χ2v) is 3.63. The van der Waals surface area contributed by atoms with Crippen LogP contribution in [-0.2, 0) is 7.05 Å². The molecule has 3 aromatic rings. The van der Waals surface area contributed by atoms with Crippen molar-refractivity contribution >= 4 is 16.7 Å². The Bertz CT molecular complexity index is 653. The Morgan fingerprint density at radius 3 is 3.00 bits per heavy atom. The van der Waals surface area contributed by atoms with Crippen LogP contribution in [0.15, 0.2) is 35.0 Å². The summed E-state index contributed by atoms with van der Waals surface area (Å²) in [7, 11) is 1.89. The van der Waals surface area contributed by atoms with Crippen LogP contribution >= 0.6 is 0 Å². The van der Waals surface area contributed by atoms with Crippen LogP contribution in [0.4, 0.5) is 5.82 Å². The number of nitrogens with two attached hydrogens (primary N) is 1. The normalized spacial score (nSPS) is 11.1. The van der Waals surface area contributed by atoms with Crippen molar-refractivity contribution in [2.24, 2.45) is 7.05 Å². The molecule has 0 atom stereocenters. The Hall–Kier alpha value is -2.30. The number of aryl methyl sites for hydroxylation is 1. The molecule has 2 aromatic heterocycles. The molecule has 2 heterocycles. The van der Waals surface area contributed by atoms with Crippen LogP contribution in [0.25, 0.3) is 22.2 Å². The summed E-state index contributed by atoms with van der Waals surface area (Å²) in [5.74, 6) is 1.04. The summed E-state index contributed by atoms with van der Waals surface area (Å²) in [4.78, 5) is 0. The number of aromatic nitrogens is 3. The van der Waals surface area contributed by atoms with Gasteiger partial charge in [-0.1, -0.05) is 17.3 Å². The van der Waals surface area contributed by atoms with Gasteiger partial charge in [-0.05, 0) is 6.07 Å². The fraction of sp³-hybridized carbons (Fsp3) is 0.0909. The van der Waals surface area contributed by atoms with E-state index in [0.29, 0.717) is 11.6 Å². The largest absolute Gasteiger partial charge is 0.381 e. The van der Waals surface area contributed by atoms with Crippen molar-refractivity contribution in [1.29, 1.82) is 0 Å². The molecule has 0 aliphatic heterocycles. The van der Waals surface area contributed by atoms with Gasteiger partial charge in [0.1, 0.15) is 0 Å². The highest BCUT2D eigenvalue weighted by atomic mass is 16.5. The zero-order chi connectivity index (χ0) is 11.1. The van der Waals surface area contributed by atoms with Gasteiger partial charge in [0.05, 0.1) is 11.7 Å². The lowest BCUT2D eigenvalue weighted by Gasteiger charge is -2.00. The van der Waals surface area contributed by atoms with E-state index in [1.165, 1.54) is 0 Å². The minimum absolute atomic E-state index is 0.383. The van der Waals surface area contributed by atoms with Gasteiger partial charge in [0.25, 0.3) is 0 Å². The molecule has 0 spiro atoms. The van der Waals surface area contributed by atoms with Gasteiger partial charge in [0.15, 0.2) is 11.6 Å². The van der Waals surface area contributed by atoms with E-state index in [9.17, 15) is 0 Å². The molecule has 0 fully saturated rings. The third-order valence-electron chi connectivity index (χ3n) is 2.55. The first-order chi connectivity index (χ1) is 7.75. The lowest BCUT2D eigenvalue weighted by Crippen LogP contribution is -1.91. The van der Waals surface area contributed by atoms with E-state index in [4.69, 9.17) is 10.3 Å². The summed E-state index contributed by atoms with van der Waals surface area (Å²) in [5, 5.41) is 8.96. The van der Waals surface area contributed by atoms with Crippen LogP contribution in [0.2, 0.25) is 0 Å². The van der Waals surface area contributed by atoms with Crippen LogP contribution < -0.4 is 5.73 Å². The third kappa shape index (κ3) is 1.18. The van der Waals surface area contributed by atoms with E-state index in [1.807, 2.05) is 36.1 Å². The second kappa shape index (κ2) is 3.10. The summed E-state index contributed by atoms with van der Waals surface area (Å²) in [6.45, 7) is 0. The number of anilines is 1. The van der Waals surface area contributed by atoms with Crippen LogP contribution in [0.5, 0.6) is 0 Å². The SMILES string of the molecule is Cn1ncc2cccc(-c3cc(N)no3)c21. The van der Waals surface area contributed by atoms with Crippen molar-refractivity contribution < 1.29 is 4.52 Å². The standard InChI is InChI=1S/C11H10N4O/c1-15-11-7(6-13-15)3-2-4-8(11)9-5-10(12)14-16-9/h2-6H,1H3,(H2,12,14). The molecule has 0 saturated heterocycles. The third-order valence-corrected chi connectivity index (χ3v) is 2.55. The molecule has 16 heavy (non-hydrogen) atoms. The average molecular weight is 214 g/mol. The summed E-state index contributed by atoms with van der Waals surface area (Å²) in [5.41, 5.74) is 7.50. The van der Waals surface area contributed by atoms with E-state index in [0.717, 1.165) is 16.5 Å². The summed E-state index contributed by atoms with van der Waals surface area (Å²) in [6, 6.07) is 7.63. The van der Waals surface area contributed by atoms with Gasteiger partial charge in [-0.3, -0.25) is 4.68 Å². The number of fused-ring (bicyclic) bond motifs is 1. The minimum atomic E-state index is 0.383. The molecule has 0 radical (unpaired) electrons. The van der Waals surface area contributed by atoms with Crippen LogP contribution in [-0.4, -0.2) is 14.9 Å². The summed E-state index contributed by atoms with van der Waals surface area (Å²) in [6.07, 6.45) is 1.82. The molecule has 0 bridgehead atoms. The van der Waals surface area contributed by atoms with E-state index in [-0.39, 0.29) is 0 Å². The van der Waals surface area contributed by atoms with Gasteiger partial charge in [0, 0.05) is 24.1 Å². The fourth-order valence-corrected chi connectivity index (χ4v) is 1.85. The van der Waals surface area contributed by atoms with Crippen molar-refractivity contribution in [3.05, 3.63) is 30.5 Å². The lowest BCUT2D eigenvalue weighted by molar-refractivity contribution is 0.436. The molecular weight excluding hydrogens is 204 g/mol. The number of nitrogen functional groups attached to an aromatic ring is 1. The number of rotatable bonds is 1. The molecule has 0 aliphatic rings. The quantitative estimate of drug-likeness (QED) is 0.670. The molecular formula is C11H10N4O.